The Labute approximate surface area is 97.8 Å². The fourth-order valence-electron chi connectivity index (χ4n) is 1.38. The third-order valence-electron chi connectivity index (χ3n) is 2.34. The van der Waals surface area contributed by atoms with Crippen molar-refractivity contribution in [2.24, 2.45) is 0 Å². The monoisotopic (exact) mass is 226 g/mol. The van der Waals surface area contributed by atoms with Gasteiger partial charge < -0.3 is 15.7 Å². The van der Waals surface area contributed by atoms with E-state index in [4.69, 9.17) is 6.42 Å². The van der Waals surface area contributed by atoms with Crippen molar-refractivity contribution >= 4 is 5.91 Å². The molecule has 0 fully saturated rings. The number of aliphatic hydroxyl groups is 1. The number of rotatable bonds is 7. The van der Waals surface area contributed by atoms with Crippen molar-refractivity contribution in [3.8, 4) is 12.3 Å². The van der Waals surface area contributed by atoms with Crippen LogP contribution in [0.15, 0.2) is 0 Å². The molecule has 0 saturated carbocycles. The summed E-state index contributed by atoms with van der Waals surface area (Å²) in [7, 11) is 0. The van der Waals surface area contributed by atoms with E-state index in [-0.39, 0.29) is 18.5 Å². The van der Waals surface area contributed by atoms with Gasteiger partial charge in [0, 0.05) is 6.54 Å². The van der Waals surface area contributed by atoms with Crippen molar-refractivity contribution in [2.75, 3.05) is 13.1 Å². The van der Waals surface area contributed by atoms with Crippen molar-refractivity contribution in [3.63, 3.8) is 0 Å². The van der Waals surface area contributed by atoms with Crippen LogP contribution in [-0.4, -0.2) is 35.7 Å². The molecule has 0 aromatic carbocycles. The lowest BCUT2D eigenvalue weighted by molar-refractivity contribution is -0.122. The second kappa shape index (κ2) is 7.26. The number of hydrogen-bond donors (Lipinski definition) is 3. The molecule has 0 radical (unpaired) electrons. The van der Waals surface area contributed by atoms with Crippen LogP contribution >= 0.6 is 0 Å². The first kappa shape index (κ1) is 14.9. The second-order valence-corrected chi connectivity index (χ2v) is 4.27. The molecule has 0 heterocycles. The summed E-state index contributed by atoms with van der Waals surface area (Å²) in [6, 6.07) is -0.350. The molecular weight excluding hydrogens is 204 g/mol. The minimum absolute atomic E-state index is 0.148. The second-order valence-electron chi connectivity index (χ2n) is 4.27. The average Bonchev–Trinajstić information content (AvgIpc) is 2.22. The maximum absolute atomic E-state index is 11.4. The first-order valence-electron chi connectivity index (χ1n) is 5.60. The van der Waals surface area contributed by atoms with Crippen LogP contribution in [0.25, 0.3) is 0 Å². The Morgan fingerprint density at radius 1 is 1.62 bits per heavy atom. The van der Waals surface area contributed by atoms with Crippen molar-refractivity contribution in [1.29, 1.82) is 0 Å². The van der Waals surface area contributed by atoms with Gasteiger partial charge in [-0.1, -0.05) is 19.3 Å². The summed E-state index contributed by atoms with van der Waals surface area (Å²) in [5.41, 5.74) is -0.768. The average molecular weight is 226 g/mol. The van der Waals surface area contributed by atoms with Gasteiger partial charge in [-0.15, -0.1) is 6.42 Å². The summed E-state index contributed by atoms with van der Waals surface area (Å²) < 4.78 is 0. The lowest BCUT2D eigenvalue weighted by atomic mass is 10.0. The molecule has 16 heavy (non-hydrogen) atoms. The largest absolute Gasteiger partial charge is 0.389 e. The van der Waals surface area contributed by atoms with Crippen LogP contribution in [0.4, 0.5) is 0 Å². The molecule has 0 spiro atoms. The minimum atomic E-state index is -0.768. The fourth-order valence-corrected chi connectivity index (χ4v) is 1.38. The first-order valence-corrected chi connectivity index (χ1v) is 5.60. The van der Waals surface area contributed by atoms with Crippen LogP contribution in [-0.2, 0) is 4.79 Å². The fraction of sp³-hybridized carbons (Fsp3) is 0.750. The summed E-state index contributed by atoms with van der Waals surface area (Å²) in [5.74, 6) is 2.19. The molecule has 0 aliphatic heterocycles. The lowest BCUT2D eigenvalue weighted by Crippen LogP contribution is -2.48. The molecule has 0 saturated heterocycles. The Morgan fingerprint density at radius 3 is 2.75 bits per heavy atom. The highest BCUT2D eigenvalue weighted by molar-refractivity contribution is 5.81. The lowest BCUT2D eigenvalue weighted by Gasteiger charge is -2.25. The molecule has 92 valence electrons. The van der Waals surface area contributed by atoms with Crippen LogP contribution in [0, 0.1) is 12.3 Å². The van der Waals surface area contributed by atoms with E-state index in [0.29, 0.717) is 13.0 Å². The van der Waals surface area contributed by atoms with Gasteiger partial charge in [0.05, 0.1) is 18.2 Å². The summed E-state index contributed by atoms with van der Waals surface area (Å²) in [4.78, 5) is 11.4. The molecule has 4 nitrogen and oxygen atoms in total. The van der Waals surface area contributed by atoms with Crippen LogP contribution in [0.3, 0.4) is 0 Å². The van der Waals surface area contributed by atoms with Gasteiger partial charge in [-0.3, -0.25) is 4.79 Å². The van der Waals surface area contributed by atoms with Crippen molar-refractivity contribution in [2.45, 2.75) is 45.3 Å². The first-order chi connectivity index (χ1) is 7.43. The highest BCUT2D eigenvalue weighted by atomic mass is 16.3. The summed E-state index contributed by atoms with van der Waals surface area (Å²) >= 11 is 0. The molecular formula is C12H22N2O2. The molecule has 0 bridgehead atoms. The van der Waals surface area contributed by atoms with Gasteiger partial charge >= 0.3 is 0 Å². The van der Waals surface area contributed by atoms with Gasteiger partial charge in [0.2, 0.25) is 5.91 Å². The van der Waals surface area contributed by atoms with Crippen molar-refractivity contribution in [3.05, 3.63) is 0 Å². The van der Waals surface area contributed by atoms with E-state index >= 15 is 0 Å². The topological polar surface area (TPSA) is 61.4 Å². The normalized spacial score (nSPS) is 15.9. The number of hydrogen-bond acceptors (Lipinski definition) is 3. The summed E-state index contributed by atoms with van der Waals surface area (Å²) in [5, 5.41) is 15.5. The zero-order valence-electron chi connectivity index (χ0n) is 10.3. The predicted molar refractivity (Wildman–Crippen MR) is 64.8 cm³/mol. The van der Waals surface area contributed by atoms with Crippen molar-refractivity contribution < 1.29 is 9.90 Å². The maximum Gasteiger partial charge on any atom is 0.237 e. The quantitative estimate of drug-likeness (QED) is 0.546. The van der Waals surface area contributed by atoms with E-state index in [1.165, 1.54) is 0 Å². The van der Waals surface area contributed by atoms with E-state index in [1.807, 2.05) is 6.92 Å². The predicted octanol–water partition coefficient (Wildman–Crippen LogP) is 0.265. The molecule has 3 N–H and O–H groups in total. The van der Waals surface area contributed by atoms with Crippen LogP contribution < -0.4 is 10.6 Å². The number of amides is 1. The van der Waals surface area contributed by atoms with Crippen LogP contribution in [0.1, 0.15) is 33.6 Å². The molecule has 2 unspecified atom stereocenters. The van der Waals surface area contributed by atoms with E-state index in [2.05, 4.69) is 16.6 Å². The zero-order valence-corrected chi connectivity index (χ0v) is 10.3. The Kier molecular flexibility index (Phi) is 6.78. The standard InChI is InChI=1S/C12H22N2O2/c1-5-7-12(4,16)9-14-10(3)11(15)13-8-6-2/h2,10,14,16H,5,7-9H2,1,3-4H3,(H,13,15). The SMILES string of the molecule is C#CCNC(=O)C(C)NCC(C)(O)CCC. The summed E-state index contributed by atoms with van der Waals surface area (Å²) in [6.07, 6.45) is 6.65. The third kappa shape index (κ3) is 6.44. The van der Waals surface area contributed by atoms with Gasteiger partial charge in [-0.2, -0.15) is 0 Å². The molecule has 4 heteroatoms. The van der Waals surface area contributed by atoms with Gasteiger partial charge in [-0.05, 0) is 20.3 Å². The number of carbonyl (C=O) groups excluding carboxylic acids is 1. The summed E-state index contributed by atoms with van der Waals surface area (Å²) in [6.45, 7) is 6.14. The highest BCUT2D eigenvalue weighted by Gasteiger charge is 2.21. The van der Waals surface area contributed by atoms with Crippen LogP contribution in [0.5, 0.6) is 0 Å². The third-order valence-corrected chi connectivity index (χ3v) is 2.34. The molecule has 0 rings (SSSR count). The van der Waals surface area contributed by atoms with E-state index in [0.717, 1.165) is 6.42 Å². The van der Waals surface area contributed by atoms with Gasteiger partial charge in [-0.25, -0.2) is 0 Å². The van der Waals surface area contributed by atoms with Gasteiger partial charge in [0.25, 0.3) is 0 Å². The van der Waals surface area contributed by atoms with E-state index in [1.54, 1.807) is 13.8 Å². The Bertz CT molecular complexity index is 256. The zero-order chi connectivity index (χ0) is 12.6. The maximum atomic E-state index is 11.4. The number of carbonyl (C=O) groups is 1. The molecule has 1 amide bonds. The molecule has 0 aromatic rings. The minimum Gasteiger partial charge on any atom is -0.389 e. The smallest absolute Gasteiger partial charge is 0.237 e. The van der Waals surface area contributed by atoms with E-state index in [9.17, 15) is 9.90 Å². The number of nitrogens with one attached hydrogen (secondary N) is 2. The molecule has 2 atom stereocenters. The Balaban J connectivity index is 3.92. The van der Waals surface area contributed by atoms with E-state index < -0.39 is 5.60 Å². The Hall–Kier alpha value is -1.05. The highest BCUT2D eigenvalue weighted by Crippen LogP contribution is 2.10. The van der Waals surface area contributed by atoms with Crippen molar-refractivity contribution in [1.82, 2.24) is 10.6 Å². The molecule has 0 aromatic heterocycles. The van der Waals surface area contributed by atoms with Gasteiger partial charge in [0.1, 0.15) is 0 Å². The number of terminal acetylenes is 1. The molecule has 0 aliphatic rings. The van der Waals surface area contributed by atoms with Crippen LogP contribution in [0.2, 0.25) is 0 Å². The van der Waals surface area contributed by atoms with Gasteiger partial charge in [0.15, 0.2) is 0 Å². The molecule has 0 aliphatic carbocycles. The Morgan fingerprint density at radius 2 is 2.25 bits per heavy atom.